The number of hydrogen-bond acceptors (Lipinski definition) is 2. The van der Waals surface area contributed by atoms with Crippen LogP contribution >= 0.6 is 0 Å². The fourth-order valence-corrected chi connectivity index (χ4v) is 3.32. The first-order valence-corrected chi connectivity index (χ1v) is 6.69. The summed E-state index contributed by atoms with van der Waals surface area (Å²) in [6, 6.07) is 0.644. The summed E-state index contributed by atoms with van der Waals surface area (Å²) < 4.78 is 0. The number of likely N-dealkylation sites (N-methyl/N-ethyl adjacent to an activating group) is 1. The summed E-state index contributed by atoms with van der Waals surface area (Å²) in [4.78, 5) is 2.67. The second kappa shape index (κ2) is 5.31. The van der Waals surface area contributed by atoms with Crippen LogP contribution in [0, 0.1) is 11.8 Å². The molecule has 1 heterocycles. The maximum absolute atomic E-state index is 3.34. The van der Waals surface area contributed by atoms with E-state index in [1.54, 1.807) is 0 Å². The minimum atomic E-state index is 0.644. The molecule has 1 saturated heterocycles. The summed E-state index contributed by atoms with van der Waals surface area (Å²) in [7, 11) is 2.07. The molecule has 0 bridgehead atoms. The van der Waals surface area contributed by atoms with Gasteiger partial charge in [-0.25, -0.2) is 0 Å². The zero-order valence-corrected chi connectivity index (χ0v) is 10.3. The molecule has 2 fully saturated rings. The minimum absolute atomic E-state index is 0.644. The Labute approximate surface area is 94.4 Å². The number of nitrogens with zero attached hydrogens (tertiary/aromatic N) is 1. The van der Waals surface area contributed by atoms with Gasteiger partial charge in [-0.3, -0.25) is 0 Å². The SMILES string of the molecule is CNC(C)CN1CCC2CCCCC2C1. The molecule has 3 atom stereocenters. The van der Waals surface area contributed by atoms with E-state index >= 15 is 0 Å². The second-order valence-corrected chi connectivity index (χ2v) is 5.54. The van der Waals surface area contributed by atoms with E-state index in [0.717, 1.165) is 11.8 Å². The van der Waals surface area contributed by atoms with E-state index in [1.807, 2.05) is 0 Å². The van der Waals surface area contributed by atoms with E-state index in [1.165, 1.54) is 51.7 Å². The summed E-state index contributed by atoms with van der Waals surface area (Å²) in [5, 5.41) is 3.34. The lowest BCUT2D eigenvalue weighted by Crippen LogP contribution is -2.46. The lowest BCUT2D eigenvalue weighted by molar-refractivity contribution is 0.0818. The van der Waals surface area contributed by atoms with Gasteiger partial charge in [-0.2, -0.15) is 0 Å². The third-order valence-electron chi connectivity index (χ3n) is 4.40. The quantitative estimate of drug-likeness (QED) is 0.767. The summed E-state index contributed by atoms with van der Waals surface area (Å²) >= 11 is 0. The number of rotatable bonds is 3. The molecule has 88 valence electrons. The van der Waals surface area contributed by atoms with Gasteiger partial charge in [-0.05, 0) is 45.2 Å². The van der Waals surface area contributed by atoms with Crippen molar-refractivity contribution >= 4 is 0 Å². The van der Waals surface area contributed by atoms with Gasteiger partial charge in [0.05, 0.1) is 0 Å². The molecular weight excluding hydrogens is 184 g/mol. The van der Waals surface area contributed by atoms with Crippen molar-refractivity contribution in [3.8, 4) is 0 Å². The highest BCUT2D eigenvalue weighted by Crippen LogP contribution is 2.35. The second-order valence-electron chi connectivity index (χ2n) is 5.54. The van der Waals surface area contributed by atoms with Crippen LogP contribution in [0.15, 0.2) is 0 Å². The molecule has 3 unspecified atom stereocenters. The van der Waals surface area contributed by atoms with Gasteiger partial charge in [-0.15, -0.1) is 0 Å². The molecule has 2 heteroatoms. The van der Waals surface area contributed by atoms with Gasteiger partial charge in [0.15, 0.2) is 0 Å². The van der Waals surface area contributed by atoms with Gasteiger partial charge in [0, 0.05) is 19.1 Å². The van der Waals surface area contributed by atoms with Crippen molar-refractivity contribution in [2.45, 2.75) is 45.1 Å². The Kier molecular flexibility index (Phi) is 4.04. The Morgan fingerprint density at radius 3 is 2.67 bits per heavy atom. The van der Waals surface area contributed by atoms with Crippen LogP contribution < -0.4 is 5.32 Å². The van der Waals surface area contributed by atoms with Crippen LogP contribution in [0.4, 0.5) is 0 Å². The van der Waals surface area contributed by atoms with Crippen LogP contribution in [-0.2, 0) is 0 Å². The standard InChI is InChI=1S/C13H26N2/c1-11(14-2)9-15-8-7-12-5-3-4-6-13(12)10-15/h11-14H,3-10H2,1-2H3. The molecule has 2 nitrogen and oxygen atoms in total. The predicted octanol–water partition coefficient (Wildman–Crippen LogP) is 2.11. The highest BCUT2D eigenvalue weighted by Gasteiger charge is 2.31. The van der Waals surface area contributed by atoms with E-state index in [-0.39, 0.29) is 0 Å². The summed E-state index contributed by atoms with van der Waals surface area (Å²) in [6.07, 6.45) is 7.45. The van der Waals surface area contributed by atoms with Crippen molar-refractivity contribution in [3.63, 3.8) is 0 Å². The summed E-state index contributed by atoms with van der Waals surface area (Å²) in [5.41, 5.74) is 0. The normalized spacial score (nSPS) is 34.8. The van der Waals surface area contributed by atoms with E-state index in [4.69, 9.17) is 0 Å². The van der Waals surface area contributed by atoms with Crippen LogP contribution in [0.5, 0.6) is 0 Å². The molecule has 15 heavy (non-hydrogen) atoms. The summed E-state index contributed by atoms with van der Waals surface area (Å²) in [6.45, 7) is 6.23. The number of nitrogens with one attached hydrogen (secondary N) is 1. The van der Waals surface area contributed by atoms with Crippen molar-refractivity contribution in [1.82, 2.24) is 10.2 Å². The molecule has 2 rings (SSSR count). The maximum atomic E-state index is 3.34. The largest absolute Gasteiger partial charge is 0.316 e. The van der Waals surface area contributed by atoms with Crippen LogP contribution in [0.1, 0.15) is 39.0 Å². The van der Waals surface area contributed by atoms with Gasteiger partial charge in [-0.1, -0.05) is 19.3 Å². The zero-order chi connectivity index (χ0) is 10.7. The smallest absolute Gasteiger partial charge is 0.0163 e. The molecule has 2 aliphatic rings. The molecule has 0 aromatic rings. The molecule has 0 aromatic heterocycles. The lowest BCUT2D eigenvalue weighted by atomic mass is 9.75. The van der Waals surface area contributed by atoms with E-state index in [0.29, 0.717) is 6.04 Å². The van der Waals surface area contributed by atoms with Gasteiger partial charge in [0.2, 0.25) is 0 Å². The first-order chi connectivity index (χ1) is 7.29. The molecule has 1 N–H and O–H groups in total. The summed E-state index contributed by atoms with van der Waals surface area (Å²) in [5.74, 6) is 2.09. The maximum Gasteiger partial charge on any atom is 0.0163 e. The van der Waals surface area contributed by atoms with Gasteiger partial charge >= 0.3 is 0 Å². The number of piperidine rings is 1. The minimum Gasteiger partial charge on any atom is -0.316 e. The number of hydrogen-bond donors (Lipinski definition) is 1. The molecule has 0 radical (unpaired) electrons. The van der Waals surface area contributed by atoms with Crippen LogP contribution in [0.3, 0.4) is 0 Å². The fraction of sp³-hybridized carbons (Fsp3) is 1.00. The van der Waals surface area contributed by atoms with Gasteiger partial charge < -0.3 is 10.2 Å². The lowest BCUT2D eigenvalue weighted by Gasteiger charge is -2.42. The third kappa shape index (κ3) is 2.94. The average Bonchev–Trinajstić information content (AvgIpc) is 2.29. The highest BCUT2D eigenvalue weighted by atomic mass is 15.2. The van der Waals surface area contributed by atoms with Crippen molar-refractivity contribution in [2.24, 2.45) is 11.8 Å². The van der Waals surface area contributed by atoms with Crippen molar-refractivity contribution in [2.75, 3.05) is 26.7 Å². The van der Waals surface area contributed by atoms with Crippen LogP contribution in [-0.4, -0.2) is 37.6 Å². The zero-order valence-electron chi connectivity index (χ0n) is 10.3. The first-order valence-electron chi connectivity index (χ1n) is 6.69. The van der Waals surface area contributed by atoms with Crippen LogP contribution in [0.25, 0.3) is 0 Å². The Morgan fingerprint density at radius 2 is 1.93 bits per heavy atom. The molecule has 0 amide bonds. The topological polar surface area (TPSA) is 15.3 Å². The van der Waals surface area contributed by atoms with E-state index in [2.05, 4.69) is 24.2 Å². The molecule has 0 aromatic carbocycles. The predicted molar refractivity (Wildman–Crippen MR) is 65.0 cm³/mol. The molecular formula is C13H26N2. The van der Waals surface area contributed by atoms with Crippen LogP contribution in [0.2, 0.25) is 0 Å². The van der Waals surface area contributed by atoms with Gasteiger partial charge in [0.1, 0.15) is 0 Å². The molecule has 1 saturated carbocycles. The van der Waals surface area contributed by atoms with E-state index in [9.17, 15) is 0 Å². The van der Waals surface area contributed by atoms with Crippen molar-refractivity contribution < 1.29 is 0 Å². The van der Waals surface area contributed by atoms with E-state index < -0.39 is 0 Å². The molecule has 1 aliphatic carbocycles. The number of likely N-dealkylation sites (tertiary alicyclic amines) is 1. The fourth-order valence-electron chi connectivity index (χ4n) is 3.32. The first kappa shape index (κ1) is 11.4. The Balaban J connectivity index is 1.80. The molecule has 1 aliphatic heterocycles. The Morgan fingerprint density at radius 1 is 1.20 bits per heavy atom. The number of fused-ring (bicyclic) bond motifs is 1. The monoisotopic (exact) mass is 210 g/mol. The van der Waals surface area contributed by atoms with Gasteiger partial charge in [0.25, 0.3) is 0 Å². The highest BCUT2D eigenvalue weighted by molar-refractivity contribution is 4.84. The molecule has 0 spiro atoms. The van der Waals surface area contributed by atoms with Crippen molar-refractivity contribution in [3.05, 3.63) is 0 Å². The van der Waals surface area contributed by atoms with Crippen molar-refractivity contribution in [1.29, 1.82) is 0 Å². The Hall–Kier alpha value is -0.0800. The third-order valence-corrected chi connectivity index (χ3v) is 4.40. The Bertz CT molecular complexity index is 193. The average molecular weight is 210 g/mol.